The van der Waals surface area contributed by atoms with E-state index in [0.717, 1.165) is 43.6 Å². The van der Waals surface area contributed by atoms with Crippen LogP contribution in [-0.2, 0) is 14.1 Å². The summed E-state index contributed by atoms with van der Waals surface area (Å²) in [5, 5.41) is 5.23. The number of aromatic nitrogens is 4. The third-order valence-corrected chi connectivity index (χ3v) is 5.96. The van der Waals surface area contributed by atoms with Crippen LogP contribution >= 0.6 is 22.9 Å². The summed E-state index contributed by atoms with van der Waals surface area (Å²) >= 11 is 7.81. The maximum absolute atomic E-state index is 13.8. The summed E-state index contributed by atoms with van der Waals surface area (Å²) in [6.07, 6.45) is 5.71. The van der Waals surface area contributed by atoms with Crippen molar-refractivity contribution in [1.29, 1.82) is 0 Å². The Balaban J connectivity index is 1.69. The van der Waals surface area contributed by atoms with Gasteiger partial charge in [-0.2, -0.15) is 0 Å². The third-order valence-electron chi connectivity index (χ3n) is 4.81. The molecule has 0 aliphatic heterocycles. The second-order valence-corrected chi connectivity index (χ2v) is 7.72. The first kappa shape index (κ1) is 16.5. The Labute approximate surface area is 163 Å². The number of hydrogen-bond acceptors (Lipinski definition) is 3. The summed E-state index contributed by atoms with van der Waals surface area (Å²) in [7, 11) is 3.90. The van der Waals surface area contributed by atoms with Crippen molar-refractivity contribution in [2.75, 3.05) is 0 Å². The topological polar surface area (TPSA) is 35.6 Å². The Morgan fingerprint density at radius 3 is 2.70 bits per heavy atom. The van der Waals surface area contributed by atoms with Crippen LogP contribution in [0.1, 0.15) is 0 Å². The van der Waals surface area contributed by atoms with Crippen molar-refractivity contribution in [3.8, 4) is 21.8 Å². The highest BCUT2D eigenvalue weighted by atomic mass is 35.5. The molecule has 0 aliphatic carbocycles. The highest BCUT2D eigenvalue weighted by molar-refractivity contribution is 7.13. The number of pyridine rings is 1. The SMILES string of the molecule is Cn1cc(-c2nc(-c3cn(C)c4c(Cl)nccc34)cs2)c2cc(F)ccc21. The maximum atomic E-state index is 13.8. The average Bonchev–Trinajstić information content (AvgIpc) is 3.32. The van der Waals surface area contributed by atoms with Crippen LogP contribution in [0.2, 0.25) is 5.15 Å². The molecule has 5 aromatic rings. The minimum absolute atomic E-state index is 0.247. The monoisotopic (exact) mass is 396 g/mol. The lowest BCUT2D eigenvalue weighted by Gasteiger charge is -1.97. The first-order valence-electron chi connectivity index (χ1n) is 8.33. The van der Waals surface area contributed by atoms with Gasteiger partial charge in [-0.05, 0) is 24.3 Å². The standard InChI is InChI=1S/C20H14ClFN4S/c1-25-9-15(13-7-11(22)3-4-17(13)25)20-24-16(10-27-20)14-8-26(2)18-12(14)5-6-23-19(18)21/h3-10H,1-2H3. The fourth-order valence-corrected chi connectivity index (χ4v) is 4.70. The van der Waals surface area contributed by atoms with Crippen LogP contribution in [0, 0.1) is 5.82 Å². The predicted octanol–water partition coefficient (Wildman–Crippen LogP) is 5.65. The molecule has 0 atom stereocenters. The molecular formula is C20H14ClFN4S. The second-order valence-electron chi connectivity index (χ2n) is 6.50. The molecule has 0 amide bonds. The van der Waals surface area contributed by atoms with Crippen molar-refractivity contribution in [2.24, 2.45) is 14.1 Å². The van der Waals surface area contributed by atoms with Gasteiger partial charge in [0.25, 0.3) is 0 Å². The van der Waals surface area contributed by atoms with Crippen molar-refractivity contribution in [1.82, 2.24) is 19.1 Å². The third kappa shape index (κ3) is 2.48. The summed E-state index contributed by atoms with van der Waals surface area (Å²) in [5.41, 5.74) is 4.67. The summed E-state index contributed by atoms with van der Waals surface area (Å²) < 4.78 is 17.7. The maximum Gasteiger partial charge on any atom is 0.153 e. The van der Waals surface area contributed by atoms with Crippen molar-refractivity contribution in [3.63, 3.8) is 0 Å². The molecule has 4 nitrogen and oxygen atoms in total. The van der Waals surface area contributed by atoms with E-state index in [1.54, 1.807) is 29.7 Å². The van der Waals surface area contributed by atoms with Gasteiger partial charge >= 0.3 is 0 Å². The smallest absolute Gasteiger partial charge is 0.153 e. The van der Waals surface area contributed by atoms with Crippen LogP contribution in [0.25, 0.3) is 43.6 Å². The fourth-order valence-electron chi connectivity index (χ4n) is 3.57. The average molecular weight is 397 g/mol. The van der Waals surface area contributed by atoms with Crippen LogP contribution in [-0.4, -0.2) is 19.1 Å². The molecule has 0 N–H and O–H groups in total. The molecule has 134 valence electrons. The van der Waals surface area contributed by atoms with Gasteiger partial charge in [0.1, 0.15) is 10.8 Å². The van der Waals surface area contributed by atoms with Gasteiger partial charge in [-0.15, -0.1) is 11.3 Å². The summed E-state index contributed by atoms with van der Waals surface area (Å²) in [4.78, 5) is 9.00. The van der Waals surface area contributed by atoms with E-state index in [2.05, 4.69) is 4.98 Å². The number of aryl methyl sites for hydroxylation is 2. The predicted molar refractivity (Wildman–Crippen MR) is 109 cm³/mol. The Morgan fingerprint density at radius 2 is 1.85 bits per heavy atom. The Kier molecular flexibility index (Phi) is 3.60. The van der Waals surface area contributed by atoms with Gasteiger partial charge in [-0.25, -0.2) is 14.4 Å². The molecule has 0 bridgehead atoms. The molecule has 0 aliphatic rings. The van der Waals surface area contributed by atoms with Crippen molar-refractivity contribution < 1.29 is 4.39 Å². The minimum Gasteiger partial charge on any atom is -0.350 e. The number of rotatable bonds is 2. The lowest BCUT2D eigenvalue weighted by atomic mass is 10.1. The lowest BCUT2D eigenvalue weighted by molar-refractivity contribution is 0.629. The molecule has 4 heterocycles. The Hall–Kier alpha value is -2.70. The molecule has 0 saturated heterocycles. The largest absolute Gasteiger partial charge is 0.350 e. The highest BCUT2D eigenvalue weighted by Crippen LogP contribution is 2.38. The number of fused-ring (bicyclic) bond motifs is 2. The normalized spacial score (nSPS) is 11.7. The van der Waals surface area contributed by atoms with E-state index in [1.165, 1.54) is 6.07 Å². The Bertz CT molecular complexity index is 1310. The number of benzene rings is 1. The lowest BCUT2D eigenvalue weighted by Crippen LogP contribution is -1.85. The molecular weight excluding hydrogens is 383 g/mol. The van der Waals surface area contributed by atoms with Crippen molar-refractivity contribution in [3.05, 3.63) is 59.2 Å². The quantitative estimate of drug-likeness (QED) is 0.361. The van der Waals surface area contributed by atoms with Crippen LogP contribution in [0.15, 0.2) is 48.2 Å². The minimum atomic E-state index is -0.247. The van der Waals surface area contributed by atoms with Crippen molar-refractivity contribution >= 4 is 44.7 Å². The Morgan fingerprint density at radius 1 is 1.04 bits per heavy atom. The number of nitrogens with zero attached hydrogens (tertiary/aromatic N) is 4. The van der Waals surface area contributed by atoms with E-state index >= 15 is 0 Å². The molecule has 5 rings (SSSR count). The molecule has 7 heteroatoms. The van der Waals surface area contributed by atoms with E-state index in [-0.39, 0.29) is 5.82 Å². The van der Waals surface area contributed by atoms with Gasteiger partial charge in [0.15, 0.2) is 5.15 Å². The highest BCUT2D eigenvalue weighted by Gasteiger charge is 2.17. The van der Waals surface area contributed by atoms with Crippen LogP contribution in [0.3, 0.4) is 0 Å². The fraction of sp³-hybridized carbons (Fsp3) is 0.100. The first-order valence-corrected chi connectivity index (χ1v) is 9.59. The summed E-state index contributed by atoms with van der Waals surface area (Å²) in [6.45, 7) is 0. The van der Waals surface area contributed by atoms with E-state index < -0.39 is 0 Å². The van der Waals surface area contributed by atoms with E-state index in [1.807, 2.05) is 47.1 Å². The van der Waals surface area contributed by atoms with Crippen molar-refractivity contribution in [2.45, 2.75) is 0 Å². The number of hydrogen-bond donors (Lipinski definition) is 0. The van der Waals surface area contributed by atoms with Gasteiger partial charge < -0.3 is 9.13 Å². The van der Waals surface area contributed by atoms with Gasteiger partial charge in [0.2, 0.25) is 0 Å². The molecule has 27 heavy (non-hydrogen) atoms. The molecule has 1 aromatic carbocycles. The van der Waals surface area contributed by atoms with Crippen LogP contribution < -0.4 is 0 Å². The van der Waals surface area contributed by atoms with E-state index in [0.29, 0.717) is 5.15 Å². The van der Waals surface area contributed by atoms with Gasteiger partial charge in [-0.3, -0.25) is 0 Å². The molecule has 0 saturated carbocycles. The molecule has 0 radical (unpaired) electrons. The summed E-state index contributed by atoms with van der Waals surface area (Å²) in [5.74, 6) is -0.247. The number of halogens is 2. The van der Waals surface area contributed by atoms with E-state index in [9.17, 15) is 4.39 Å². The van der Waals surface area contributed by atoms with E-state index in [4.69, 9.17) is 16.6 Å². The second kappa shape index (κ2) is 5.90. The molecule has 0 fully saturated rings. The zero-order valence-electron chi connectivity index (χ0n) is 14.6. The first-order chi connectivity index (χ1) is 13.0. The van der Waals surface area contributed by atoms with Crippen LogP contribution in [0.4, 0.5) is 4.39 Å². The van der Waals surface area contributed by atoms with Gasteiger partial charge in [0, 0.05) is 65.5 Å². The zero-order chi connectivity index (χ0) is 18.7. The van der Waals surface area contributed by atoms with Gasteiger partial charge in [-0.1, -0.05) is 11.6 Å². The van der Waals surface area contributed by atoms with Crippen LogP contribution in [0.5, 0.6) is 0 Å². The summed E-state index contributed by atoms with van der Waals surface area (Å²) in [6, 6.07) is 6.79. The van der Waals surface area contributed by atoms with Gasteiger partial charge in [0.05, 0.1) is 11.2 Å². The zero-order valence-corrected chi connectivity index (χ0v) is 16.1. The molecule has 4 aromatic heterocycles. The molecule has 0 unspecified atom stereocenters. The molecule has 0 spiro atoms. The number of thiazole rings is 1.